The van der Waals surface area contributed by atoms with E-state index in [1.807, 2.05) is 6.92 Å². The minimum absolute atomic E-state index is 0.00824. The van der Waals surface area contributed by atoms with Gasteiger partial charge in [0.2, 0.25) is 0 Å². The van der Waals surface area contributed by atoms with Crippen molar-refractivity contribution < 1.29 is 8.78 Å². The van der Waals surface area contributed by atoms with Crippen LogP contribution in [0.5, 0.6) is 0 Å². The Balaban J connectivity index is 2.25. The summed E-state index contributed by atoms with van der Waals surface area (Å²) < 4.78 is 24.8. The molecule has 1 aliphatic rings. The van der Waals surface area contributed by atoms with E-state index in [1.165, 1.54) is 0 Å². The van der Waals surface area contributed by atoms with Gasteiger partial charge in [0.05, 0.1) is 12.0 Å². The van der Waals surface area contributed by atoms with Gasteiger partial charge in [-0.1, -0.05) is 0 Å². The average molecular weight is 188 g/mol. The summed E-state index contributed by atoms with van der Waals surface area (Å²) in [5, 5.41) is 11.6. The lowest BCUT2D eigenvalue weighted by Crippen LogP contribution is -2.52. The van der Waals surface area contributed by atoms with E-state index in [0.29, 0.717) is 0 Å². The number of rotatable bonds is 3. The van der Waals surface area contributed by atoms with Crippen molar-refractivity contribution in [1.82, 2.24) is 5.32 Å². The van der Waals surface area contributed by atoms with Crippen LogP contribution < -0.4 is 5.32 Å². The summed E-state index contributed by atoms with van der Waals surface area (Å²) in [5.74, 6) is -2.61. The minimum atomic E-state index is -2.48. The zero-order valence-electron chi connectivity index (χ0n) is 7.85. The molecule has 0 heterocycles. The Morgan fingerprint density at radius 1 is 1.46 bits per heavy atom. The fraction of sp³-hybridized carbons (Fsp3) is 0.889. The molecule has 0 aromatic rings. The van der Waals surface area contributed by atoms with E-state index in [4.69, 9.17) is 5.26 Å². The van der Waals surface area contributed by atoms with Crippen LogP contribution in [0.25, 0.3) is 0 Å². The Kier molecular flexibility index (Phi) is 2.87. The van der Waals surface area contributed by atoms with Gasteiger partial charge >= 0.3 is 0 Å². The van der Waals surface area contributed by atoms with Crippen LogP contribution in [0.4, 0.5) is 8.78 Å². The van der Waals surface area contributed by atoms with E-state index in [9.17, 15) is 8.78 Å². The number of nitriles is 1. The molecule has 0 amide bonds. The maximum absolute atomic E-state index is 12.4. The third kappa shape index (κ3) is 2.63. The molecule has 1 aliphatic carbocycles. The second kappa shape index (κ2) is 3.59. The van der Waals surface area contributed by atoms with Gasteiger partial charge < -0.3 is 5.32 Å². The monoisotopic (exact) mass is 188 g/mol. The highest BCUT2D eigenvalue weighted by Gasteiger charge is 2.45. The van der Waals surface area contributed by atoms with Crippen molar-refractivity contribution in [1.29, 1.82) is 5.26 Å². The van der Waals surface area contributed by atoms with Crippen LogP contribution in [-0.2, 0) is 0 Å². The van der Waals surface area contributed by atoms with Crippen molar-refractivity contribution in [3.63, 3.8) is 0 Å². The molecule has 0 radical (unpaired) electrons. The molecule has 0 aromatic carbocycles. The standard InChI is InChI=1S/C9H14F2N2/c1-6(5-12)7(2)13-8-3-9(10,11)4-8/h6-8,13H,3-4H2,1-2H3. The van der Waals surface area contributed by atoms with Crippen LogP contribution in [0, 0.1) is 17.2 Å². The van der Waals surface area contributed by atoms with Gasteiger partial charge in [-0.3, -0.25) is 0 Å². The summed E-state index contributed by atoms with van der Waals surface area (Å²) in [5.41, 5.74) is 0. The minimum Gasteiger partial charge on any atom is -0.310 e. The quantitative estimate of drug-likeness (QED) is 0.734. The van der Waals surface area contributed by atoms with Crippen LogP contribution >= 0.6 is 0 Å². The van der Waals surface area contributed by atoms with Crippen LogP contribution in [-0.4, -0.2) is 18.0 Å². The first kappa shape index (κ1) is 10.4. The Bertz CT molecular complexity index is 214. The second-order valence-corrected chi connectivity index (χ2v) is 3.83. The number of halogens is 2. The molecule has 0 spiro atoms. The number of hydrogen-bond acceptors (Lipinski definition) is 2. The van der Waals surface area contributed by atoms with E-state index in [2.05, 4.69) is 11.4 Å². The third-order valence-corrected chi connectivity index (χ3v) is 2.54. The van der Waals surface area contributed by atoms with Gasteiger partial charge in [0, 0.05) is 24.9 Å². The van der Waals surface area contributed by atoms with Crippen molar-refractivity contribution in [2.75, 3.05) is 0 Å². The molecule has 13 heavy (non-hydrogen) atoms. The molecule has 1 fully saturated rings. The summed E-state index contributed by atoms with van der Waals surface area (Å²) in [6.45, 7) is 3.64. The largest absolute Gasteiger partial charge is 0.310 e. The number of nitrogens with one attached hydrogen (secondary N) is 1. The maximum Gasteiger partial charge on any atom is 0.251 e. The van der Waals surface area contributed by atoms with Crippen molar-refractivity contribution in [3.8, 4) is 6.07 Å². The van der Waals surface area contributed by atoms with Crippen LogP contribution in [0.1, 0.15) is 26.7 Å². The van der Waals surface area contributed by atoms with E-state index in [-0.39, 0.29) is 30.8 Å². The van der Waals surface area contributed by atoms with Crippen LogP contribution in [0.15, 0.2) is 0 Å². The molecule has 2 unspecified atom stereocenters. The lowest BCUT2D eigenvalue weighted by Gasteiger charge is -2.37. The predicted molar refractivity (Wildman–Crippen MR) is 45.3 cm³/mol. The Morgan fingerprint density at radius 2 is 2.00 bits per heavy atom. The van der Waals surface area contributed by atoms with E-state index in [1.54, 1.807) is 6.92 Å². The zero-order valence-corrected chi connectivity index (χ0v) is 7.85. The molecule has 0 aliphatic heterocycles. The first-order valence-electron chi connectivity index (χ1n) is 4.48. The first-order chi connectivity index (χ1) is 5.94. The summed E-state index contributed by atoms with van der Waals surface area (Å²) in [4.78, 5) is 0. The highest BCUT2D eigenvalue weighted by molar-refractivity contribution is 4.95. The summed E-state index contributed by atoms with van der Waals surface area (Å²) in [7, 11) is 0. The van der Waals surface area contributed by atoms with E-state index < -0.39 is 5.92 Å². The van der Waals surface area contributed by atoms with Crippen LogP contribution in [0.3, 0.4) is 0 Å². The van der Waals surface area contributed by atoms with Gasteiger partial charge in [-0.2, -0.15) is 5.26 Å². The van der Waals surface area contributed by atoms with Crippen LogP contribution in [0.2, 0.25) is 0 Å². The zero-order chi connectivity index (χ0) is 10.1. The molecule has 1 rings (SSSR count). The van der Waals surface area contributed by atoms with E-state index in [0.717, 1.165) is 0 Å². The highest BCUT2D eigenvalue weighted by Crippen LogP contribution is 2.37. The van der Waals surface area contributed by atoms with Gasteiger partial charge in [-0.25, -0.2) is 8.78 Å². The smallest absolute Gasteiger partial charge is 0.251 e. The molecule has 4 heteroatoms. The van der Waals surface area contributed by atoms with Crippen molar-refractivity contribution >= 4 is 0 Å². The molecule has 1 saturated carbocycles. The summed E-state index contributed by atoms with van der Waals surface area (Å²) in [6, 6.07) is 1.97. The topological polar surface area (TPSA) is 35.8 Å². The third-order valence-electron chi connectivity index (χ3n) is 2.54. The molecular weight excluding hydrogens is 174 g/mol. The lowest BCUT2D eigenvalue weighted by atomic mass is 9.87. The molecule has 0 saturated heterocycles. The highest BCUT2D eigenvalue weighted by atomic mass is 19.3. The number of hydrogen-bond donors (Lipinski definition) is 1. The fourth-order valence-corrected chi connectivity index (χ4v) is 1.41. The molecule has 1 N–H and O–H groups in total. The number of alkyl halides is 2. The molecule has 0 aromatic heterocycles. The molecular formula is C9H14F2N2. The summed E-state index contributed by atoms with van der Waals surface area (Å²) >= 11 is 0. The Morgan fingerprint density at radius 3 is 2.38 bits per heavy atom. The fourth-order valence-electron chi connectivity index (χ4n) is 1.41. The summed E-state index contributed by atoms with van der Waals surface area (Å²) in [6.07, 6.45) is -0.176. The lowest BCUT2D eigenvalue weighted by molar-refractivity contribution is -0.0949. The van der Waals surface area contributed by atoms with E-state index >= 15 is 0 Å². The Hall–Kier alpha value is -0.690. The first-order valence-corrected chi connectivity index (χ1v) is 4.48. The van der Waals surface area contributed by atoms with Crippen molar-refractivity contribution in [3.05, 3.63) is 0 Å². The average Bonchev–Trinajstić information content (AvgIpc) is 1.99. The Labute approximate surface area is 76.9 Å². The van der Waals surface area contributed by atoms with Gasteiger partial charge in [0.15, 0.2) is 0 Å². The predicted octanol–water partition coefficient (Wildman–Crippen LogP) is 1.92. The van der Waals surface area contributed by atoms with Gasteiger partial charge in [0.1, 0.15) is 0 Å². The molecule has 2 nitrogen and oxygen atoms in total. The SMILES string of the molecule is CC(C#N)C(C)NC1CC(F)(F)C1. The molecule has 2 atom stereocenters. The van der Waals surface area contributed by atoms with Gasteiger partial charge in [0.25, 0.3) is 5.92 Å². The van der Waals surface area contributed by atoms with Crippen molar-refractivity contribution in [2.45, 2.75) is 44.7 Å². The van der Waals surface area contributed by atoms with Gasteiger partial charge in [-0.05, 0) is 13.8 Å². The second-order valence-electron chi connectivity index (χ2n) is 3.83. The van der Waals surface area contributed by atoms with Crippen molar-refractivity contribution in [2.24, 2.45) is 5.92 Å². The molecule has 0 bridgehead atoms. The maximum atomic E-state index is 12.4. The molecule has 74 valence electrons. The normalized spacial score (nSPS) is 25.8. The number of nitrogens with zero attached hydrogens (tertiary/aromatic N) is 1. The van der Waals surface area contributed by atoms with Gasteiger partial charge in [-0.15, -0.1) is 0 Å².